The number of aliphatic carboxylic acids is 1. The predicted octanol–water partition coefficient (Wildman–Crippen LogP) is 1.11. The third-order valence-electron chi connectivity index (χ3n) is 3.57. The van der Waals surface area contributed by atoms with Crippen molar-refractivity contribution < 1.29 is 14.7 Å². The number of amides is 1. The molecule has 1 N–H and O–H groups in total. The van der Waals surface area contributed by atoms with E-state index in [0.717, 1.165) is 25.8 Å². The maximum absolute atomic E-state index is 12.0. The van der Waals surface area contributed by atoms with Crippen LogP contribution in [0.5, 0.6) is 0 Å². The Balaban J connectivity index is 1.98. The third-order valence-corrected chi connectivity index (χ3v) is 3.57. The van der Waals surface area contributed by atoms with E-state index in [1.54, 1.807) is 4.90 Å². The Hall–Kier alpha value is -1.06. The van der Waals surface area contributed by atoms with E-state index >= 15 is 0 Å². The molecule has 1 atom stereocenters. The van der Waals surface area contributed by atoms with Gasteiger partial charge >= 0.3 is 5.97 Å². The van der Waals surface area contributed by atoms with Crippen LogP contribution in [-0.2, 0) is 9.59 Å². The summed E-state index contributed by atoms with van der Waals surface area (Å²) in [6, 6.07) is 0. The number of hydrogen-bond acceptors (Lipinski definition) is 2. The lowest BCUT2D eigenvalue weighted by Crippen LogP contribution is -2.45. The van der Waals surface area contributed by atoms with Crippen molar-refractivity contribution in [2.24, 2.45) is 11.3 Å². The Morgan fingerprint density at radius 3 is 2.60 bits per heavy atom. The topological polar surface area (TPSA) is 57.6 Å². The first kappa shape index (κ1) is 10.5. The van der Waals surface area contributed by atoms with Crippen LogP contribution in [0.25, 0.3) is 0 Å². The lowest BCUT2D eigenvalue weighted by atomic mass is 9.96. The zero-order valence-electron chi connectivity index (χ0n) is 9.03. The quantitative estimate of drug-likeness (QED) is 0.744. The number of rotatable bonds is 2. The monoisotopic (exact) mass is 211 g/mol. The lowest BCUT2D eigenvalue weighted by molar-refractivity contribution is -0.147. The Morgan fingerprint density at radius 1 is 1.40 bits per heavy atom. The summed E-state index contributed by atoms with van der Waals surface area (Å²) in [5.74, 6) is -0.966. The van der Waals surface area contributed by atoms with Crippen LogP contribution in [0.1, 0.15) is 32.6 Å². The highest BCUT2D eigenvalue weighted by atomic mass is 16.4. The van der Waals surface area contributed by atoms with Gasteiger partial charge in [-0.2, -0.15) is 0 Å². The highest BCUT2D eigenvalue weighted by molar-refractivity contribution is 5.85. The van der Waals surface area contributed by atoms with Crippen molar-refractivity contribution >= 4 is 11.9 Å². The van der Waals surface area contributed by atoms with Crippen molar-refractivity contribution in [1.29, 1.82) is 0 Å². The zero-order valence-corrected chi connectivity index (χ0v) is 9.03. The van der Waals surface area contributed by atoms with Gasteiger partial charge in [0.2, 0.25) is 5.91 Å². The molecule has 0 spiro atoms. The molecule has 1 aliphatic heterocycles. The molecule has 15 heavy (non-hydrogen) atoms. The molecule has 4 heteroatoms. The van der Waals surface area contributed by atoms with E-state index in [2.05, 4.69) is 0 Å². The molecule has 1 heterocycles. The summed E-state index contributed by atoms with van der Waals surface area (Å²) in [5, 5.41) is 8.92. The number of carbonyl (C=O) groups excluding carboxylic acids is 1. The van der Waals surface area contributed by atoms with E-state index in [4.69, 9.17) is 5.11 Å². The zero-order chi connectivity index (χ0) is 11.1. The molecular formula is C11H17NO3. The van der Waals surface area contributed by atoms with Crippen LogP contribution < -0.4 is 0 Å². The molecule has 2 aliphatic rings. The average molecular weight is 211 g/mol. The van der Waals surface area contributed by atoms with E-state index in [1.165, 1.54) is 0 Å². The van der Waals surface area contributed by atoms with Gasteiger partial charge in [-0.1, -0.05) is 6.92 Å². The SMILES string of the molecule is CC1(C(=O)N2CCC[C@H](C(=O)O)C2)CC1. The van der Waals surface area contributed by atoms with Gasteiger partial charge < -0.3 is 10.0 Å². The number of hydrogen-bond donors (Lipinski definition) is 1. The number of piperidine rings is 1. The van der Waals surface area contributed by atoms with Gasteiger partial charge in [0.25, 0.3) is 0 Å². The van der Waals surface area contributed by atoms with Gasteiger partial charge in [0, 0.05) is 18.5 Å². The minimum absolute atomic E-state index is 0.161. The molecule has 0 radical (unpaired) electrons. The second kappa shape index (κ2) is 3.51. The van der Waals surface area contributed by atoms with Crippen molar-refractivity contribution in [3.05, 3.63) is 0 Å². The minimum Gasteiger partial charge on any atom is -0.481 e. The molecule has 0 unspecified atom stereocenters. The van der Waals surface area contributed by atoms with E-state index in [1.807, 2.05) is 6.92 Å². The number of carboxylic acid groups (broad SMARTS) is 1. The number of carboxylic acids is 1. The van der Waals surface area contributed by atoms with Crippen LogP contribution in [0.3, 0.4) is 0 Å². The fraction of sp³-hybridized carbons (Fsp3) is 0.818. The van der Waals surface area contributed by atoms with Crippen LogP contribution >= 0.6 is 0 Å². The fourth-order valence-corrected chi connectivity index (χ4v) is 2.15. The van der Waals surface area contributed by atoms with Gasteiger partial charge in [0.1, 0.15) is 0 Å². The standard InChI is InChI=1S/C11H17NO3/c1-11(4-5-11)10(15)12-6-2-3-8(7-12)9(13)14/h8H,2-7H2,1H3,(H,13,14)/t8-/m0/s1. The van der Waals surface area contributed by atoms with Gasteiger partial charge in [-0.25, -0.2) is 0 Å². The summed E-state index contributed by atoms with van der Waals surface area (Å²) in [5.41, 5.74) is -0.166. The molecule has 0 aromatic carbocycles. The fourth-order valence-electron chi connectivity index (χ4n) is 2.15. The largest absolute Gasteiger partial charge is 0.481 e. The number of carbonyl (C=O) groups is 2. The first-order chi connectivity index (χ1) is 7.03. The van der Waals surface area contributed by atoms with Gasteiger partial charge in [-0.3, -0.25) is 9.59 Å². The summed E-state index contributed by atoms with van der Waals surface area (Å²) in [4.78, 5) is 24.6. The Labute approximate surface area is 89.3 Å². The first-order valence-corrected chi connectivity index (χ1v) is 5.55. The second-order valence-corrected chi connectivity index (χ2v) is 4.99. The van der Waals surface area contributed by atoms with Gasteiger partial charge in [-0.15, -0.1) is 0 Å². The third kappa shape index (κ3) is 1.98. The number of likely N-dealkylation sites (tertiary alicyclic amines) is 1. The summed E-state index contributed by atoms with van der Waals surface area (Å²) in [6.07, 6.45) is 3.44. The van der Waals surface area contributed by atoms with E-state index in [-0.39, 0.29) is 17.2 Å². The second-order valence-electron chi connectivity index (χ2n) is 4.99. The van der Waals surface area contributed by atoms with Crippen LogP contribution in [0, 0.1) is 11.3 Å². The van der Waals surface area contributed by atoms with Gasteiger partial charge in [0.15, 0.2) is 0 Å². The Kier molecular flexibility index (Phi) is 2.44. The van der Waals surface area contributed by atoms with Crippen molar-refractivity contribution in [3.63, 3.8) is 0 Å². The van der Waals surface area contributed by atoms with Crippen molar-refractivity contribution in [3.8, 4) is 0 Å². The number of nitrogens with zero attached hydrogens (tertiary/aromatic N) is 1. The van der Waals surface area contributed by atoms with Crippen LogP contribution in [0.4, 0.5) is 0 Å². The molecule has 2 fully saturated rings. The van der Waals surface area contributed by atoms with Crippen LogP contribution in [0.15, 0.2) is 0 Å². The van der Waals surface area contributed by atoms with Crippen molar-refractivity contribution in [2.75, 3.05) is 13.1 Å². The molecule has 0 bridgehead atoms. The molecule has 1 aliphatic carbocycles. The molecule has 0 aromatic rings. The molecule has 1 saturated carbocycles. The summed E-state index contributed by atoms with van der Waals surface area (Å²) < 4.78 is 0. The molecule has 1 amide bonds. The summed E-state index contributed by atoms with van der Waals surface area (Å²) in [7, 11) is 0. The smallest absolute Gasteiger partial charge is 0.308 e. The highest BCUT2D eigenvalue weighted by Gasteiger charge is 2.47. The van der Waals surface area contributed by atoms with Gasteiger partial charge in [-0.05, 0) is 25.7 Å². The molecule has 1 saturated heterocycles. The maximum atomic E-state index is 12.0. The Morgan fingerprint density at radius 2 is 2.07 bits per heavy atom. The lowest BCUT2D eigenvalue weighted by Gasteiger charge is -2.32. The van der Waals surface area contributed by atoms with E-state index in [0.29, 0.717) is 13.0 Å². The first-order valence-electron chi connectivity index (χ1n) is 5.55. The van der Waals surface area contributed by atoms with Crippen LogP contribution in [0.2, 0.25) is 0 Å². The minimum atomic E-state index is -0.770. The normalized spacial score (nSPS) is 28.6. The van der Waals surface area contributed by atoms with E-state index < -0.39 is 5.97 Å². The highest BCUT2D eigenvalue weighted by Crippen LogP contribution is 2.46. The van der Waals surface area contributed by atoms with Crippen LogP contribution in [-0.4, -0.2) is 35.0 Å². The average Bonchev–Trinajstić information content (AvgIpc) is 2.97. The van der Waals surface area contributed by atoms with Crippen molar-refractivity contribution in [1.82, 2.24) is 4.90 Å². The van der Waals surface area contributed by atoms with Crippen molar-refractivity contribution in [2.45, 2.75) is 32.6 Å². The molecule has 0 aromatic heterocycles. The maximum Gasteiger partial charge on any atom is 0.308 e. The van der Waals surface area contributed by atoms with Gasteiger partial charge in [0.05, 0.1) is 5.92 Å². The molecule has 4 nitrogen and oxygen atoms in total. The summed E-state index contributed by atoms with van der Waals surface area (Å²) in [6.45, 7) is 3.11. The predicted molar refractivity (Wildman–Crippen MR) is 54.3 cm³/mol. The molecule has 84 valence electrons. The summed E-state index contributed by atoms with van der Waals surface area (Å²) >= 11 is 0. The Bertz CT molecular complexity index is 296. The van der Waals surface area contributed by atoms with E-state index in [9.17, 15) is 9.59 Å². The molecular weight excluding hydrogens is 194 g/mol. The molecule has 2 rings (SSSR count).